The number of nitrogens with one attached hydrogen (secondary N) is 2. The molecule has 94 valence electrons. The lowest BCUT2D eigenvalue weighted by Gasteiger charge is -2.07. The average Bonchev–Trinajstić information content (AvgIpc) is 2.39. The van der Waals surface area contributed by atoms with E-state index >= 15 is 0 Å². The van der Waals surface area contributed by atoms with E-state index in [2.05, 4.69) is 25.1 Å². The van der Waals surface area contributed by atoms with E-state index in [9.17, 15) is 8.42 Å². The molecule has 2 aromatic heterocycles. The van der Waals surface area contributed by atoms with E-state index < -0.39 is 10.0 Å². The number of nitrogens with zero attached hydrogens (tertiary/aromatic N) is 3. The maximum Gasteiger partial charge on any atom is 0.264 e. The number of hydrogen-bond donors (Lipinski definition) is 3. The minimum Gasteiger partial charge on any atom is -0.308 e. The summed E-state index contributed by atoms with van der Waals surface area (Å²) in [7, 11) is -3.76. The second-order valence-electron chi connectivity index (χ2n) is 3.20. The quantitative estimate of drug-likeness (QED) is 0.524. The molecule has 4 N–H and O–H groups in total. The van der Waals surface area contributed by atoms with E-state index in [0.29, 0.717) is 0 Å². The van der Waals surface area contributed by atoms with Gasteiger partial charge in [-0.05, 0) is 12.1 Å². The minimum absolute atomic E-state index is 0.00318. The number of hydrogen-bond acceptors (Lipinski definition) is 7. The van der Waals surface area contributed by atoms with Crippen LogP contribution in [0.5, 0.6) is 0 Å². The van der Waals surface area contributed by atoms with Gasteiger partial charge in [-0.2, -0.15) is 0 Å². The highest BCUT2D eigenvalue weighted by Gasteiger charge is 2.15. The van der Waals surface area contributed by atoms with Crippen molar-refractivity contribution >= 4 is 21.8 Å². The summed E-state index contributed by atoms with van der Waals surface area (Å²) in [5, 5.41) is 0. The van der Waals surface area contributed by atoms with Gasteiger partial charge in [0.1, 0.15) is 5.82 Å². The molecule has 0 bridgehead atoms. The summed E-state index contributed by atoms with van der Waals surface area (Å²) < 4.78 is 26.2. The number of hydrazine groups is 1. The molecule has 0 spiro atoms. The Bertz CT molecular complexity index is 631. The minimum atomic E-state index is -3.76. The molecule has 0 fully saturated rings. The number of nitrogens with two attached hydrogens (primary N) is 1. The van der Waals surface area contributed by atoms with Gasteiger partial charge in [-0.3, -0.25) is 0 Å². The van der Waals surface area contributed by atoms with Crippen molar-refractivity contribution in [1.82, 2.24) is 15.0 Å². The topological polar surface area (TPSA) is 123 Å². The zero-order valence-corrected chi connectivity index (χ0v) is 9.92. The molecular weight excluding hydrogens is 256 g/mol. The molecule has 9 heteroatoms. The van der Waals surface area contributed by atoms with Crippen LogP contribution in [0.4, 0.5) is 11.8 Å². The molecule has 0 saturated carbocycles. The van der Waals surface area contributed by atoms with Crippen LogP contribution in [0.1, 0.15) is 0 Å². The molecule has 0 saturated heterocycles. The van der Waals surface area contributed by atoms with Gasteiger partial charge >= 0.3 is 0 Å². The van der Waals surface area contributed by atoms with E-state index in [-0.39, 0.29) is 16.7 Å². The number of rotatable bonds is 4. The molecule has 0 unspecified atom stereocenters. The van der Waals surface area contributed by atoms with Crippen molar-refractivity contribution in [2.45, 2.75) is 4.90 Å². The zero-order valence-electron chi connectivity index (χ0n) is 9.11. The van der Waals surface area contributed by atoms with Gasteiger partial charge < -0.3 is 5.43 Å². The fourth-order valence-electron chi connectivity index (χ4n) is 1.19. The Kier molecular flexibility index (Phi) is 3.35. The summed E-state index contributed by atoms with van der Waals surface area (Å²) in [6.45, 7) is 0. The predicted molar refractivity (Wildman–Crippen MR) is 64.9 cm³/mol. The van der Waals surface area contributed by atoms with Crippen LogP contribution in [0.25, 0.3) is 0 Å². The number of pyridine rings is 1. The van der Waals surface area contributed by atoms with Crippen LogP contribution < -0.4 is 16.0 Å². The second-order valence-corrected chi connectivity index (χ2v) is 4.88. The highest BCUT2D eigenvalue weighted by atomic mass is 32.2. The Labute approximate surface area is 103 Å². The monoisotopic (exact) mass is 266 g/mol. The summed E-state index contributed by atoms with van der Waals surface area (Å²) in [5.41, 5.74) is 2.27. The van der Waals surface area contributed by atoms with Gasteiger partial charge in [0.05, 0.1) is 4.90 Å². The number of aromatic nitrogens is 3. The number of anilines is 2. The lowest BCUT2D eigenvalue weighted by molar-refractivity contribution is 0.600. The van der Waals surface area contributed by atoms with Gasteiger partial charge in [-0.25, -0.2) is 33.9 Å². The zero-order chi connectivity index (χ0) is 13.0. The smallest absolute Gasteiger partial charge is 0.264 e. The van der Waals surface area contributed by atoms with Crippen molar-refractivity contribution in [1.29, 1.82) is 0 Å². The van der Waals surface area contributed by atoms with Crippen LogP contribution in [0.2, 0.25) is 0 Å². The Morgan fingerprint density at radius 2 is 1.83 bits per heavy atom. The molecule has 2 rings (SSSR count). The van der Waals surface area contributed by atoms with Crippen LogP contribution in [0.15, 0.2) is 41.7 Å². The fraction of sp³-hybridized carbons (Fsp3) is 0. The first-order valence-electron chi connectivity index (χ1n) is 4.84. The maximum atomic E-state index is 12.0. The van der Waals surface area contributed by atoms with Gasteiger partial charge in [-0.1, -0.05) is 0 Å². The molecule has 0 aliphatic heterocycles. The van der Waals surface area contributed by atoms with Gasteiger partial charge in [0.2, 0.25) is 5.95 Å². The molecule has 0 atom stereocenters. The first-order valence-corrected chi connectivity index (χ1v) is 6.32. The van der Waals surface area contributed by atoms with Crippen LogP contribution in [-0.2, 0) is 10.0 Å². The van der Waals surface area contributed by atoms with Crippen LogP contribution in [-0.4, -0.2) is 23.4 Å². The Balaban J connectivity index is 2.31. The summed E-state index contributed by atoms with van der Waals surface area (Å²) in [6.07, 6.45) is 4.20. The molecule has 0 aliphatic rings. The predicted octanol–water partition coefficient (Wildman–Crippen LogP) is -0.0420. The molecule has 2 heterocycles. The van der Waals surface area contributed by atoms with E-state index in [4.69, 9.17) is 5.84 Å². The van der Waals surface area contributed by atoms with E-state index in [1.54, 1.807) is 6.07 Å². The Morgan fingerprint density at radius 1 is 1.11 bits per heavy atom. The molecule has 0 aromatic carbocycles. The average molecular weight is 266 g/mol. The molecule has 0 aliphatic carbocycles. The standard InChI is InChI=1S/C9H10N6O2S/c10-14-8-6-7(2-5-11-8)18(16,17)15-9-12-3-1-4-13-9/h1-6H,10H2,(H,11,14)(H,12,13,15). The summed E-state index contributed by atoms with van der Waals surface area (Å²) in [6, 6.07) is 4.22. The highest BCUT2D eigenvalue weighted by Crippen LogP contribution is 2.14. The van der Waals surface area contributed by atoms with Crippen molar-refractivity contribution in [2.24, 2.45) is 5.84 Å². The van der Waals surface area contributed by atoms with Crippen molar-refractivity contribution in [2.75, 3.05) is 10.1 Å². The van der Waals surface area contributed by atoms with Gasteiger partial charge in [-0.15, -0.1) is 0 Å². The van der Waals surface area contributed by atoms with Crippen molar-refractivity contribution in [3.05, 3.63) is 36.8 Å². The SMILES string of the molecule is NNc1cc(S(=O)(=O)Nc2ncccn2)ccn1. The van der Waals surface area contributed by atoms with E-state index in [0.717, 1.165) is 0 Å². The fourth-order valence-corrected chi connectivity index (χ4v) is 2.16. The normalized spacial score (nSPS) is 10.9. The largest absolute Gasteiger partial charge is 0.308 e. The van der Waals surface area contributed by atoms with Crippen molar-refractivity contribution in [3.8, 4) is 0 Å². The summed E-state index contributed by atoms with van der Waals surface area (Å²) >= 11 is 0. The molecule has 2 aromatic rings. The third kappa shape index (κ3) is 2.70. The molecule has 18 heavy (non-hydrogen) atoms. The van der Waals surface area contributed by atoms with Crippen molar-refractivity contribution < 1.29 is 8.42 Å². The highest BCUT2D eigenvalue weighted by molar-refractivity contribution is 7.92. The number of nitrogen functional groups attached to an aromatic ring is 1. The van der Waals surface area contributed by atoms with Crippen LogP contribution in [0.3, 0.4) is 0 Å². The summed E-state index contributed by atoms with van der Waals surface area (Å²) in [4.78, 5) is 11.4. The molecular formula is C9H10N6O2S. The van der Waals surface area contributed by atoms with E-state index in [1.807, 2.05) is 0 Å². The lowest BCUT2D eigenvalue weighted by Crippen LogP contribution is -2.16. The first-order chi connectivity index (χ1) is 8.62. The second kappa shape index (κ2) is 4.94. The van der Waals surface area contributed by atoms with E-state index in [1.165, 1.54) is 30.7 Å². The maximum absolute atomic E-state index is 12.0. The van der Waals surface area contributed by atoms with Crippen molar-refractivity contribution in [3.63, 3.8) is 0 Å². The number of sulfonamides is 1. The first kappa shape index (κ1) is 12.2. The molecule has 0 radical (unpaired) electrons. The third-order valence-electron chi connectivity index (χ3n) is 1.98. The lowest BCUT2D eigenvalue weighted by atomic mass is 10.5. The Morgan fingerprint density at radius 3 is 2.50 bits per heavy atom. The van der Waals surface area contributed by atoms with Crippen LogP contribution >= 0.6 is 0 Å². The van der Waals surface area contributed by atoms with Crippen LogP contribution in [0, 0.1) is 0 Å². The molecule has 0 amide bonds. The van der Waals surface area contributed by atoms with Gasteiger partial charge in [0.15, 0.2) is 0 Å². The summed E-state index contributed by atoms with van der Waals surface area (Å²) in [5.74, 6) is 5.40. The Hall–Kier alpha value is -2.26. The molecule has 8 nitrogen and oxygen atoms in total. The third-order valence-corrected chi connectivity index (χ3v) is 3.31. The van der Waals surface area contributed by atoms with Gasteiger partial charge in [0.25, 0.3) is 10.0 Å². The van der Waals surface area contributed by atoms with Gasteiger partial charge in [0, 0.05) is 24.7 Å².